The summed E-state index contributed by atoms with van der Waals surface area (Å²) in [6, 6.07) is 15.3. The maximum atomic E-state index is 12.7. The van der Waals surface area contributed by atoms with Gasteiger partial charge in [-0.15, -0.1) is 0 Å². The lowest BCUT2D eigenvalue weighted by atomic mass is 10.0. The van der Waals surface area contributed by atoms with Crippen LogP contribution in [0.2, 0.25) is 0 Å². The fourth-order valence-electron chi connectivity index (χ4n) is 2.74. The van der Waals surface area contributed by atoms with Crippen LogP contribution in [0.1, 0.15) is 32.3 Å². The number of anilines is 2. The van der Waals surface area contributed by atoms with Crippen molar-refractivity contribution < 1.29 is 13.2 Å². The van der Waals surface area contributed by atoms with Gasteiger partial charge in [0.25, 0.3) is 0 Å². The monoisotopic (exact) mass is 360 g/mol. The highest BCUT2D eigenvalue weighted by Gasteiger charge is 2.29. The minimum atomic E-state index is -3.61. The Bertz CT molecular complexity index is 833. The van der Waals surface area contributed by atoms with Crippen molar-refractivity contribution in [2.75, 3.05) is 15.9 Å². The Balaban J connectivity index is 2.32. The molecule has 0 unspecified atom stereocenters. The van der Waals surface area contributed by atoms with Gasteiger partial charge in [0.05, 0.1) is 11.9 Å². The third kappa shape index (κ3) is 4.60. The van der Waals surface area contributed by atoms with Crippen molar-refractivity contribution >= 4 is 27.3 Å². The number of carbonyl (C=O) groups excluding carboxylic acids is 1. The van der Waals surface area contributed by atoms with E-state index in [1.54, 1.807) is 37.3 Å². The molecule has 0 aliphatic carbocycles. The third-order valence-corrected chi connectivity index (χ3v) is 5.18. The summed E-state index contributed by atoms with van der Waals surface area (Å²) < 4.78 is 25.6. The van der Waals surface area contributed by atoms with Gasteiger partial charge in [0, 0.05) is 5.69 Å². The zero-order chi connectivity index (χ0) is 18.6. The molecule has 1 amide bonds. The molecule has 1 N–H and O–H groups in total. The Morgan fingerprint density at radius 3 is 2.08 bits per heavy atom. The van der Waals surface area contributed by atoms with E-state index >= 15 is 0 Å². The lowest BCUT2D eigenvalue weighted by Gasteiger charge is -2.28. The number of hydrogen-bond donors (Lipinski definition) is 1. The summed E-state index contributed by atoms with van der Waals surface area (Å²) in [6.45, 7) is 5.67. The molecular formula is C19H24N2O3S. The van der Waals surface area contributed by atoms with Gasteiger partial charge >= 0.3 is 0 Å². The maximum absolute atomic E-state index is 12.7. The van der Waals surface area contributed by atoms with Gasteiger partial charge in [-0.3, -0.25) is 9.10 Å². The molecule has 0 spiro atoms. The molecule has 6 heteroatoms. The minimum absolute atomic E-state index is 0.243. The van der Waals surface area contributed by atoms with Gasteiger partial charge in [-0.2, -0.15) is 0 Å². The second-order valence-electron chi connectivity index (χ2n) is 6.30. The first kappa shape index (κ1) is 19.0. The number of sulfonamides is 1. The molecule has 0 saturated heterocycles. The molecule has 0 fully saturated rings. The van der Waals surface area contributed by atoms with Gasteiger partial charge in [-0.05, 0) is 36.6 Å². The van der Waals surface area contributed by atoms with E-state index < -0.39 is 16.1 Å². The van der Waals surface area contributed by atoms with Crippen LogP contribution < -0.4 is 9.62 Å². The zero-order valence-corrected chi connectivity index (χ0v) is 15.7. The number of nitrogens with zero attached hydrogens (tertiary/aromatic N) is 1. The number of nitrogens with one attached hydrogen (secondary N) is 1. The summed E-state index contributed by atoms with van der Waals surface area (Å²) in [5.41, 5.74) is 2.18. The van der Waals surface area contributed by atoms with Crippen LogP contribution >= 0.6 is 0 Å². The summed E-state index contributed by atoms with van der Waals surface area (Å²) in [7, 11) is -3.61. The molecule has 134 valence electrons. The molecule has 2 rings (SSSR count). The van der Waals surface area contributed by atoms with Crippen LogP contribution in [0.25, 0.3) is 0 Å². The molecule has 0 radical (unpaired) electrons. The van der Waals surface area contributed by atoms with E-state index in [-0.39, 0.29) is 11.8 Å². The number of hydrogen-bond acceptors (Lipinski definition) is 3. The average Bonchev–Trinajstić information content (AvgIpc) is 2.55. The van der Waals surface area contributed by atoms with Crippen molar-refractivity contribution in [3.63, 3.8) is 0 Å². The summed E-state index contributed by atoms with van der Waals surface area (Å²) in [6.07, 6.45) is 1.10. The van der Waals surface area contributed by atoms with Crippen LogP contribution in [-0.4, -0.2) is 26.6 Å². The van der Waals surface area contributed by atoms with Crippen molar-refractivity contribution in [1.82, 2.24) is 0 Å². The van der Waals surface area contributed by atoms with Crippen LogP contribution in [0.5, 0.6) is 0 Å². The highest BCUT2D eigenvalue weighted by atomic mass is 32.2. The molecule has 0 heterocycles. The maximum Gasteiger partial charge on any atom is 0.248 e. The van der Waals surface area contributed by atoms with E-state index in [2.05, 4.69) is 5.32 Å². The fraction of sp³-hybridized carbons (Fsp3) is 0.316. The van der Waals surface area contributed by atoms with Gasteiger partial charge < -0.3 is 5.32 Å². The molecular weight excluding hydrogens is 336 g/mol. The summed E-state index contributed by atoms with van der Waals surface area (Å²) in [4.78, 5) is 12.7. The second-order valence-corrected chi connectivity index (χ2v) is 8.16. The first-order valence-electron chi connectivity index (χ1n) is 8.16. The van der Waals surface area contributed by atoms with Gasteiger partial charge in [-0.25, -0.2) is 8.42 Å². The van der Waals surface area contributed by atoms with Crippen LogP contribution in [0.15, 0.2) is 54.6 Å². The number of para-hydroxylation sites is 2. The largest absolute Gasteiger partial charge is 0.324 e. The Morgan fingerprint density at radius 2 is 1.52 bits per heavy atom. The van der Waals surface area contributed by atoms with Crippen molar-refractivity contribution in [2.24, 2.45) is 0 Å². The highest BCUT2D eigenvalue weighted by Crippen LogP contribution is 2.25. The van der Waals surface area contributed by atoms with Crippen molar-refractivity contribution in [1.29, 1.82) is 0 Å². The van der Waals surface area contributed by atoms with E-state index in [4.69, 9.17) is 0 Å². The standard InChI is InChI=1S/C19H24N2O3S/c1-14(2)17-12-8-9-13-18(17)20-19(22)15(3)21(25(4,23)24)16-10-6-5-7-11-16/h5-15H,1-4H3,(H,20,22)/t15-/m0/s1. The average molecular weight is 360 g/mol. The van der Waals surface area contributed by atoms with E-state index in [9.17, 15) is 13.2 Å². The zero-order valence-electron chi connectivity index (χ0n) is 14.9. The quantitative estimate of drug-likeness (QED) is 0.856. The minimum Gasteiger partial charge on any atom is -0.324 e. The highest BCUT2D eigenvalue weighted by molar-refractivity contribution is 7.92. The topological polar surface area (TPSA) is 66.5 Å². The van der Waals surface area contributed by atoms with Crippen LogP contribution in [-0.2, 0) is 14.8 Å². The van der Waals surface area contributed by atoms with Crippen molar-refractivity contribution in [3.8, 4) is 0 Å². The van der Waals surface area contributed by atoms with Crippen LogP contribution in [0.3, 0.4) is 0 Å². The van der Waals surface area contributed by atoms with Crippen molar-refractivity contribution in [3.05, 3.63) is 60.2 Å². The van der Waals surface area contributed by atoms with Crippen LogP contribution in [0.4, 0.5) is 11.4 Å². The van der Waals surface area contributed by atoms with E-state index in [0.29, 0.717) is 11.4 Å². The lowest BCUT2D eigenvalue weighted by Crippen LogP contribution is -2.45. The summed E-state index contributed by atoms with van der Waals surface area (Å²) in [5.74, 6) is -0.130. The van der Waals surface area contributed by atoms with E-state index in [0.717, 1.165) is 16.1 Å². The molecule has 0 aromatic heterocycles. The van der Waals surface area contributed by atoms with E-state index in [1.807, 2.05) is 38.1 Å². The first-order valence-corrected chi connectivity index (χ1v) is 10.0. The lowest BCUT2D eigenvalue weighted by molar-refractivity contribution is -0.116. The Morgan fingerprint density at radius 1 is 0.960 bits per heavy atom. The molecule has 1 atom stereocenters. The number of rotatable bonds is 6. The van der Waals surface area contributed by atoms with Crippen molar-refractivity contribution in [2.45, 2.75) is 32.7 Å². The molecule has 0 aliphatic heterocycles. The predicted molar refractivity (Wildman–Crippen MR) is 102 cm³/mol. The molecule has 2 aromatic carbocycles. The third-order valence-electron chi connectivity index (χ3n) is 3.94. The normalized spacial score (nSPS) is 12.7. The predicted octanol–water partition coefficient (Wildman–Crippen LogP) is 3.60. The summed E-state index contributed by atoms with van der Waals surface area (Å²) in [5, 5.41) is 2.87. The Hall–Kier alpha value is -2.34. The Labute approximate surface area is 149 Å². The Kier molecular flexibility index (Phi) is 5.85. The second kappa shape index (κ2) is 7.70. The number of amides is 1. The smallest absolute Gasteiger partial charge is 0.248 e. The van der Waals surface area contributed by atoms with Gasteiger partial charge in [0.2, 0.25) is 15.9 Å². The number of carbonyl (C=O) groups is 1. The molecule has 0 saturated carbocycles. The molecule has 2 aromatic rings. The van der Waals surface area contributed by atoms with E-state index in [1.165, 1.54) is 0 Å². The van der Waals surface area contributed by atoms with Gasteiger partial charge in [-0.1, -0.05) is 50.2 Å². The van der Waals surface area contributed by atoms with Gasteiger partial charge in [0.15, 0.2) is 0 Å². The molecule has 5 nitrogen and oxygen atoms in total. The van der Waals surface area contributed by atoms with Crippen LogP contribution in [0, 0.1) is 0 Å². The number of benzene rings is 2. The van der Waals surface area contributed by atoms with Gasteiger partial charge in [0.1, 0.15) is 6.04 Å². The fourth-order valence-corrected chi connectivity index (χ4v) is 3.91. The molecule has 25 heavy (non-hydrogen) atoms. The SMILES string of the molecule is CC(C)c1ccccc1NC(=O)[C@H](C)N(c1ccccc1)S(C)(=O)=O. The first-order chi connectivity index (χ1) is 11.7. The molecule has 0 aliphatic rings. The summed E-state index contributed by atoms with van der Waals surface area (Å²) >= 11 is 0. The molecule has 0 bridgehead atoms.